The van der Waals surface area contributed by atoms with Crippen LogP contribution in [0.2, 0.25) is 0 Å². The summed E-state index contributed by atoms with van der Waals surface area (Å²) in [5.41, 5.74) is 0.205. The lowest BCUT2D eigenvalue weighted by atomic mass is 9.94. The smallest absolute Gasteiger partial charge is 0.335 e. The Hall–Kier alpha value is -1.88. The largest absolute Gasteiger partial charge is 0.478 e. The third kappa shape index (κ3) is 3.85. The molecule has 2 N–H and O–H groups in total. The number of amides is 1. The van der Waals surface area contributed by atoms with Gasteiger partial charge in [0.15, 0.2) is 0 Å². The normalized spacial score (nSPS) is 22.3. The Morgan fingerprint density at radius 2 is 2.00 bits per heavy atom. The number of hydrogen-bond acceptors (Lipinski definition) is 3. The molecule has 1 aliphatic heterocycles. The van der Waals surface area contributed by atoms with Crippen LogP contribution in [0.15, 0.2) is 24.3 Å². The molecule has 22 heavy (non-hydrogen) atoms. The molecule has 1 aromatic carbocycles. The molecule has 1 heterocycles. The van der Waals surface area contributed by atoms with Crippen molar-refractivity contribution in [2.45, 2.75) is 57.8 Å². The number of carbonyl (C=O) groups excluding carboxylic acids is 1. The van der Waals surface area contributed by atoms with Crippen molar-refractivity contribution in [3.8, 4) is 0 Å². The molecule has 1 atom stereocenters. The Labute approximate surface area is 130 Å². The van der Waals surface area contributed by atoms with Gasteiger partial charge in [-0.1, -0.05) is 12.1 Å². The number of carboxylic acid groups (broad SMARTS) is 1. The SMILES string of the molecule is CC1(C)CC(NC(=O)Cc2cccc(C(=O)O)c2)C(C)(C)O1. The molecule has 1 fully saturated rings. The lowest BCUT2D eigenvalue weighted by Gasteiger charge is -2.27. The van der Waals surface area contributed by atoms with Gasteiger partial charge in [0.25, 0.3) is 0 Å². The Morgan fingerprint density at radius 3 is 2.55 bits per heavy atom. The van der Waals surface area contributed by atoms with E-state index in [1.165, 1.54) is 12.1 Å². The number of nitrogens with one attached hydrogen (secondary N) is 1. The van der Waals surface area contributed by atoms with Crippen molar-refractivity contribution in [3.05, 3.63) is 35.4 Å². The molecule has 0 bridgehead atoms. The van der Waals surface area contributed by atoms with Gasteiger partial charge in [-0.15, -0.1) is 0 Å². The van der Waals surface area contributed by atoms with Crippen LogP contribution in [0.4, 0.5) is 0 Å². The minimum atomic E-state index is -0.991. The Morgan fingerprint density at radius 1 is 1.32 bits per heavy atom. The van der Waals surface area contributed by atoms with Crippen LogP contribution in [0.3, 0.4) is 0 Å². The van der Waals surface area contributed by atoms with E-state index >= 15 is 0 Å². The fraction of sp³-hybridized carbons (Fsp3) is 0.529. The summed E-state index contributed by atoms with van der Waals surface area (Å²) < 4.78 is 5.96. The molecule has 5 heteroatoms. The molecule has 1 aliphatic rings. The van der Waals surface area contributed by atoms with E-state index in [1.54, 1.807) is 12.1 Å². The van der Waals surface area contributed by atoms with Crippen LogP contribution < -0.4 is 5.32 Å². The molecule has 0 aromatic heterocycles. The van der Waals surface area contributed by atoms with Crippen LogP contribution in [-0.4, -0.2) is 34.2 Å². The molecule has 1 saturated heterocycles. The van der Waals surface area contributed by atoms with E-state index in [9.17, 15) is 9.59 Å². The quantitative estimate of drug-likeness (QED) is 0.895. The molecule has 0 aliphatic carbocycles. The van der Waals surface area contributed by atoms with Gasteiger partial charge in [0.2, 0.25) is 5.91 Å². The molecule has 0 spiro atoms. The number of carboxylic acids is 1. The van der Waals surface area contributed by atoms with Crippen molar-refractivity contribution < 1.29 is 19.4 Å². The maximum Gasteiger partial charge on any atom is 0.335 e. The molecule has 0 saturated carbocycles. The number of carbonyl (C=O) groups is 2. The van der Waals surface area contributed by atoms with Crippen molar-refractivity contribution in [3.63, 3.8) is 0 Å². The molecule has 5 nitrogen and oxygen atoms in total. The van der Waals surface area contributed by atoms with Gasteiger partial charge in [-0.25, -0.2) is 4.79 Å². The summed E-state index contributed by atoms with van der Waals surface area (Å²) in [7, 11) is 0. The third-order valence-electron chi connectivity index (χ3n) is 3.95. The molecular weight excluding hydrogens is 282 g/mol. The predicted molar refractivity (Wildman–Crippen MR) is 82.9 cm³/mol. The van der Waals surface area contributed by atoms with E-state index in [0.717, 1.165) is 6.42 Å². The standard InChI is InChI=1S/C17H23NO4/c1-16(2)10-13(17(3,4)22-16)18-14(19)9-11-6-5-7-12(8-11)15(20)21/h5-8,13H,9-10H2,1-4H3,(H,18,19)(H,20,21). The minimum absolute atomic E-state index is 0.0577. The Kier molecular flexibility index (Phi) is 4.29. The summed E-state index contributed by atoms with van der Waals surface area (Å²) >= 11 is 0. The van der Waals surface area contributed by atoms with Gasteiger partial charge in [-0.3, -0.25) is 4.79 Å². The molecule has 1 aromatic rings. The van der Waals surface area contributed by atoms with Gasteiger partial charge in [0, 0.05) is 0 Å². The average molecular weight is 305 g/mol. The summed E-state index contributed by atoms with van der Waals surface area (Å²) in [6, 6.07) is 6.39. The van der Waals surface area contributed by atoms with E-state index in [-0.39, 0.29) is 29.5 Å². The minimum Gasteiger partial charge on any atom is -0.478 e. The van der Waals surface area contributed by atoms with E-state index in [4.69, 9.17) is 9.84 Å². The summed E-state index contributed by atoms with van der Waals surface area (Å²) in [6.07, 6.45) is 0.912. The molecule has 0 radical (unpaired) electrons. The molecule has 1 amide bonds. The van der Waals surface area contributed by atoms with Gasteiger partial charge in [0.1, 0.15) is 0 Å². The van der Waals surface area contributed by atoms with E-state index in [2.05, 4.69) is 5.32 Å². The number of benzene rings is 1. The predicted octanol–water partition coefficient (Wildman–Crippen LogP) is 2.39. The Balaban J connectivity index is 2.02. The van der Waals surface area contributed by atoms with E-state index in [0.29, 0.717) is 5.56 Å². The molecule has 120 valence electrons. The molecule has 2 rings (SSSR count). The lowest BCUT2D eigenvalue weighted by molar-refractivity contribution is -0.123. The van der Waals surface area contributed by atoms with Crippen LogP contribution >= 0.6 is 0 Å². The van der Waals surface area contributed by atoms with Crippen LogP contribution in [0.1, 0.15) is 50.0 Å². The number of aromatic carboxylic acids is 1. The van der Waals surface area contributed by atoms with Gasteiger partial charge in [0.05, 0.1) is 29.2 Å². The second-order valence-corrected chi connectivity index (χ2v) is 6.97. The highest BCUT2D eigenvalue weighted by molar-refractivity contribution is 5.88. The van der Waals surface area contributed by atoms with Crippen LogP contribution in [0.5, 0.6) is 0 Å². The summed E-state index contributed by atoms with van der Waals surface area (Å²) in [5.74, 6) is -1.11. The second kappa shape index (κ2) is 5.72. The maximum atomic E-state index is 12.2. The van der Waals surface area contributed by atoms with Gasteiger partial charge >= 0.3 is 5.97 Å². The summed E-state index contributed by atoms with van der Waals surface area (Å²) in [4.78, 5) is 23.2. The highest BCUT2D eigenvalue weighted by Gasteiger charge is 2.46. The van der Waals surface area contributed by atoms with Crippen molar-refractivity contribution in [1.29, 1.82) is 0 Å². The van der Waals surface area contributed by atoms with E-state index in [1.807, 2.05) is 27.7 Å². The first-order chi connectivity index (χ1) is 10.1. The zero-order valence-corrected chi connectivity index (χ0v) is 13.5. The second-order valence-electron chi connectivity index (χ2n) is 6.97. The number of rotatable bonds is 4. The fourth-order valence-electron chi connectivity index (χ4n) is 3.03. The zero-order valence-electron chi connectivity index (χ0n) is 13.5. The highest BCUT2D eigenvalue weighted by Crippen LogP contribution is 2.37. The van der Waals surface area contributed by atoms with Crippen molar-refractivity contribution in [1.82, 2.24) is 5.32 Å². The number of hydrogen-bond donors (Lipinski definition) is 2. The topological polar surface area (TPSA) is 75.6 Å². The van der Waals surface area contributed by atoms with Gasteiger partial charge in [-0.05, 0) is 51.8 Å². The van der Waals surface area contributed by atoms with Crippen LogP contribution in [0, 0.1) is 0 Å². The fourth-order valence-corrected chi connectivity index (χ4v) is 3.03. The Bertz CT molecular complexity index is 592. The van der Waals surface area contributed by atoms with Gasteiger partial charge in [-0.2, -0.15) is 0 Å². The third-order valence-corrected chi connectivity index (χ3v) is 3.95. The van der Waals surface area contributed by atoms with E-state index < -0.39 is 11.6 Å². The summed E-state index contributed by atoms with van der Waals surface area (Å²) in [6.45, 7) is 7.96. The summed E-state index contributed by atoms with van der Waals surface area (Å²) in [5, 5.41) is 12.0. The first-order valence-corrected chi connectivity index (χ1v) is 7.41. The van der Waals surface area contributed by atoms with Crippen molar-refractivity contribution >= 4 is 11.9 Å². The zero-order chi connectivity index (χ0) is 16.5. The monoisotopic (exact) mass is 305 g/mol. The van der Waals surface area contributed by atoms with Crippen LogP contribution in [0.25, 0.3) is 0 Å². The maximum absolute atomic E-state index is 12.2. The van der Waals surface area contributed by atoms with Crippen molar-refractivity contribution in [2.75, 3.05) is 0 Å². The van der Waals surface area contributed by atoms with Crippen LogP contribution in [-0.2, 0) is 16.0 Å². The van der Waals surface area contributed by atoms with Crippen molar-refractivity contribution in [2.24, 2.45) is 0 Å². The lowest BCUT2D eigenvalue weighted by Crippen LogP contribution is -2.46. The molecule has 1 unspecified atom stereocenters. The first kappa shape index (κ1) is 16.5. The highest BCUT2D eigenvalue weighted by atomic mass is 16.5. The van der Waals surface area contributed by atoms with Gasteiger partial charge < -0.3 is 15.2 Å². The average Bonchev–Trinajstić information content (AvgIpc) is 2.57. The first-order valence-electron chi connectivity index (χ1n) is 7.41. The number of ether oxygens (including phenoxy) is 1. The molecular formula is C17H23NO4.